The van der Waals surface area contributed by atoms with Gasteiger partial charge in [0, 0.05) is 22.5 Å². The number of benzene rings is 1. The average molecular weight is 357 g/mol. The third-order valence-corrected chi connectivity index (χ3v) is 5.50. The number of nitrogens with zero attached hydrogens (tertiary/aromatic N) is 2. The molecule has 0 N–H and O–H groups in total. The maximum absolute atomic E-state index is 12.9. The predicted octanol–water partition coefficient (Wildman–Crippen LogP) is 4.47. The fourth-order valence-electron chi connectivity index (χ4n) is 2.49. The zero-order valence-corrected chi connectivity index (χ0v) is 15.2. The summed E-state index contributed by atoms with van der Waals surface area (Å²) in [5, 5.41) is 4.11. The van der Waals surface area contributed by atoms with E-state index in [2.05, 4.69) is 22.9 Å². The Labute approximate surface area is 150 Å². The molecule has 24 heavy (non-hydrogen) atoms. The number of thiophene rings is 2. The summed E-state index contributed by atoms with van der Waals surface area (Å²) in [7, 11) is 1.96. The zero-order chi connectivity index (χ0) is 16.8. The lowest BCUT2D eigenvalue weighted by Gasteiger charge is -2.26. The van der Waals surface area contributed by atoms with Gasteiger partial charge < -0.3 is 9.80 Å². The second-order valence-electron chi connectivity index (χ2n) is 5.60. The van der Waals surface area contributed by atoms with Crippen LogP contribution in [0.4, 0.5) is 5.69 Å². The van der Waals surface area contributed by atoms with Crippen molar-refractivity contribution in [3.8, 4) is 0 Å². The van der Waals surface area contributed by atoms with Gasteiger partial charge in [0.25, 0.3) is 0 Å². The Balaban J connectivity index is 1.70. The van der Waals surface area contributed by atoms with E-state index in [1.54, 1.807) is 22.7 Å². The van der Waals surface area contributed by atoms with Crippen LogP contribution in [0.2, 0.25) is 0 Å². The molecule has 2 heterocycles. The molecule has 0 unspecified atom stereocenters. The molecule has 5 heteroatoms. The van der Waals surface area contributed by atoms with Crippen LogP contribution >= 0.6 is 22.7 Å². The van der Waals surface area contributed by atoms with Crippen LogP contribution in [-0.4, -0.2) is 24.4 Å². The van der Waals surface area contributed by atoms with Gasteiger partial charge in [-0.25, -0.2) is 0 Å². The van der Waals surface area contributed by atoms with E-state index in [-0.39, 0.29) is 5.91 Å². The number of hydrogen-bond donors (Lipinski definition) is 0. The molecular weight excluding hydrogens is 336 g/mol. The highest BCUT2D eigenvalue weighted by Gasteiger charge is 2.17. The lowest BCUT2D eigenvalue weighted by Crippen LogP contribution is -2.38. The molecular formula is C19H20N2OS2. The summed E-state index contributed by atoms with van der Waals surface area (Å²) >= 11 is 3.38. The highest BCUT2D eigenvalue weighted by atomic mass is 32.1. The third kappa shape index (κ3) is 4.46. The fourth-order valence-corrected chi connectivity index (χ4v) is 3.93. The first-order chi connectivity index (χ1) is 11.7. The summed E-state index contributed by atoms with van der Waals surface area (Å²) < 4.78 is 0. The normalized spacial score (nSPS) is 10.5. The van der Waals surface area contributed by atoms with Gasteiger partial charge in [0.15, 0.2) is 0 Å². The minimum absolute atomic E-state index is 0.142. The molecule has 2 aromatic heterocycles. The molecule has 124 valence electrons. The van der Waals surface area contributed by atoms with Crippen molar-refractivity contribution in [2.45, 2.75) is 13.1 Å². The Morgan fingerprint density at radius 3 is 1.96 bits per heavy atom. The summed E-state index contributed by atoms with van der Waals surface area (Å²) in [6, 6.07) is 18.2. The fraction of sp³-hybridized carbons (Fsp3) is 0.211. The molecule has 1 aromatic carbocycles. The first-order valence-corrected chi connectivity index (χ1v) is 9.57. The summed E-state index contributed by atoms with van der Waals surface area (Å²) in [6.45, 7) is 1.70. The number of anilines is 1. The van der Waals surface area contributed by atoms with Gasteiger partial charge >= 0.3 is 0 Å². The van der Waals surface area contributed by atoms with E-state index in [9.17, 15) is 4.79 Å². The molecule has 0 aliphatic rings. The SMILES string of the molecule is CN(CC(=O)N(Cc1cccs1)Cc1cccs1)c1ccccc1. The van der Waals surface area contributed by atoms with E-state index in [1.807, 2.05) is 59.3 Å². The van der Waals surface area contributed by atoms with Crippen LogP contribution in [0.1, 0.15) is 9.75 Å². The Morgan fingerprint density at radius 1 is 0.875 bits per heavy atom. The second-order valence-corrected chi connectivity index (χ2v) is 7.66. The first kappa shape index (κ1) is 16.7. The molecule has 0 aliphatic heterocycles. The second kappa shape index (κ2) is 8.13. The minimum atomic E-state index is 0.142. The summed E-state index contributed by atoms with van der Waals surface area (Å²) in [5.41, 5.74) is 1.05. The van der Waals surface area contributed by atoms with Gasteiger partial charge in [-0.3, -0.25) is 4.79 Å². The van der Waals surface area contributed by atoms with E-state index < -0.39 is 0 Å². The number of carbonyl (C=O) groups excluding carboxylic acids is 1. The number of carbonyl (C=O) groups is 1. The van der Waals surface area contributed by atoms with Gasteiger partial charge in [0.05, 0.1) is 19.6 Å². The largest absolute Gasteiger partial charge is 0.365 e. The minimum Gasteiger partial charge on any atom is -0.365 e. The highest BCUT2D eigenvalue weighted by Crippen LogP contribution is 2.18. The number of amides is 1. The number of rotatable bonds is 7. The van der Waals surface area contributed by atoms with Crippen molar-refractivity contribution in [2.24, 2.45) is 0 Å². The highest BCUT2D eigenvalue weighted by molar-refractivity contribution is 7.10. The Hall–Kier alpha value is -2.11. The van der Waals surface area contributed by atoms with Crippen LogP contribution in [0.3, 0.4) is 0 Å². The molecule has 3 rings (SSSR count). The molecule has 0 spiro atoms. The quantitative estimate of drug-likeness (QED) is 0.623. The molecule has 0 bridgehead atoms. The summed E-state index contributed by atoms with van der Waals surface area (Å²) in [5.74, 6) is 0.142. The van der Waals surface area contributed by atoms with Crippen molar-refractivity contribution in [1.29, 1.82) is 0 Å². The molecule has 3 nitrogen and oxygen atoms in total. The molecule has 1 amide bonds. The Morgan fingerprint density at radius 2 is 1.46 bits per heavy atom. The number of hydrogen-bond acceptors (Lipinski definition) is 4. The zero-order valence-electron chi connectivity index (χ0n) is 13.6. The lowest BCUT2D eigenvalue weighted by atomic mass is 10.3. The van der Waals surface area contributed by atoms with E-state index in [4.69, 9.17) is 0 Å². The molecule has 0 fully saturated rings. The first-order valence-electron chi connectivity index (χ1n) is 7.81. The predicted molar refractivity (Wildman–Crippen MR) is 103 cm³/mol. The van der Waals surface area contributed by atoms with Crippen molar-refractivity contribution in [1.82, 2.24) is 4.90 Å². The van der Waals surface area contributed by atoms with Gasteiger partial charge in [-0.15, -0.1) is 22.7 Å². The number of likely N-dealkylation sites (N-methyl/N-ethyl adjacent to an activating group) is 1. The maximum Gasteiger partial charge on any atom is 0.242 e. The smallest absolute Gasteiger partial charge is 0.242 e. The van der Waals surface area contributed by atoms with Crippen LogP contribution in [-0.2, 0) is 17.9 Å². The lowest BCUT2D eigenvalue weighted by molar-refractivity contribution is -0.130. The van der Waals surface area contributed by atoms with Crippen molar-refractivity contribution in [2.75, 3.05) is 18.5 Å². The standard InChI is InChI=1S/C19H20N2OS2/c1-20(16-7-3-2-4-8-16)15-19(22)21(13-17-9-5-11-23-17)14-18-10-6-12-24-18/h2-12H,13-15H2,1H3. The molecule has 0 saturated carbocycles. The maximum atomic E-state index is 12.9. The van der Waals surface area contributed by atoms with Gasteiger partial charge in [0.2, 0.25) is 5.91 Å². The topological polar surface area (TPSA) is 23.6 Å². The van der Waals surface area contributed by atoms with E-state index in [0.29, 0.717) is 19.6 Å². The van der Waals surface area contributed by atoms with Crippen LogP contribution in [0.25, 0.3) is 0 Å². The van der Waals surface area contributed by atoms with E-state index in [0.717, 1.165) is 5.69 Å². The van der Waals surface area contributed by atoms with Crippen molar-refractivity contribution >= 4 is 34.3 Å². The summed E-state index contributed by atoms with van der Waals surface area (Å²) in [6.07, 6.45) is 0. The Bertz CT molecular complexity index is 703. The third-order valence-electron chi connectivity index (χ3n) is 3.78. The van der Waals surface area contributed by atoms with Crippen molar-refractivity contribution < 1.29 is 4.79 Å². The van der Waals surface area contributed by atoms with E-state index in [1.165, 1.54) is 9.75 Å². The molecule has 0 atom stereocenters. The Kier molecular flexibility index (Phi) is 5.67. The van der Waals surface area contributed by atoms with Crippen molar-refractivity contribution in [3.05, 3.63) is 75.1 Å². The molecule has 0 radical (unpaired) electrons. The van der Waals surface area contributed by atoms with Crippen LogP contribution in [0.5, 0.6) is 0 Å². The molecule has 0 aliphatic carbocycles. The van der Waals surface area contributed by atoms with Gasteiger partial charge in [-0.05, 0) is 35.0 Å². The number of para-hydroxylation sites is 1. The molecule has 0 saturated heterocycles. The van der Waals surface area contributed by atoms with Gasteiger partial charge in [-0.2, -0.15) is 0 Å². The van der Waals surface area contributed by atoms with Crippen LogP contribution < -0.4 is 4.90 Å². The monoisotopic (exact) mass is 356 g/mol. The molecule has 3 aromatic rings. The van der Waals surface area contributed by atoms with Crippen LogP contribution in [0, 0.1) is 0 Å². The van der Waals surface area contributed by atoms with Gasteiger partial charge in [0.1, 0.15) is 0 Å². The van der Waals surface area contributed by atoms with E-state index >= 15 is 0 Å². The average Bonchev–Trinajstić information content (AvgIpc) is 3.29. The van der Waals surface area contributed by atoms with Gasteiger partial charge in [-0.1, -0.05) is 30.3 Å². The van der Waals surface area contributed by atoms with Crippen LogP contribution in [0.15, 0.2) is 65.4 Å². The summed E-state index contributed by atoms with van der Waals surface area (Å²) in [4.78, 5) is 19.2. The van der Waals surface area contributed by atoms with Crippen molar-refractivity contribution in [3.63, 3.8) is 0 Å².